The van der Waals surface area contributed by atoms with Crippen molar-refractivity contribution >= 4 is 33.2 Å². The second-order valence-electron chi connectivity index (χ2n) is 22.7. The van der Waals surface area contributed by atoms with Crippen LogP contribution in [0.5, 0.6) is 11.5 Å². The van der Waals surface area contributed by atoms with Crippen molar-refractivity contribution in [1.29, 1.82) is 0 Å². The second-order valence-corrected chi connectivity index (χ2v) is 22.7. The summed E-state index contributed by atoms with van der Waals surface area (Å²) in [6.45, 7) is 21.4. The Hall–Kier alpha value is -8.15. The lowest BCUT2D eigenvalue weighted by Crippen LogP contribution is -2.27. The predicted octanol–water partition coefficient (Wildman–Crippen LogP) is 17.7. The van der Waals surface area contributed by atoms with E-state index < -0.39 is 0 Å². The van der Waals surface area contributed by atoms with Gasteiger partial charge in [-0.25, -0.2) is 4.98 Å². The standard InChI is InChI=1S/C69H66N4O/c1-66(2,3)53-34-35-70-64(43-53)73-62-33-23-22-32-60(62)65-61(69(8,9)52-30-20-13-21-31-52)45-59(46-63(65)73)74-58-39-49(48-24-14-10-15-25-48)38-56(44-58)71-36-37-72(47-71)57-41-54(67(4,5)50-26-16-11-17-27-50)40-55(42-57)68(6,7)51-28-18-12-19-29-51/h10-46H,47H2,1-9H3. The molecule has 0 saturated carbocycles. The van der Waals surface area contributed by atoms with Crippen LogP contribution in [0.15, 0.2) is 225 Å². The van der Waals surface area contributed by atoms with E-state index in [-0.39, 0.29) is 21.7 Å². The molecule has 5 nitrogen and oxygen atoms in total. The van der Waals surface area contributed by atoms with Crippen molar-refractivity contribution < 1.29 is 4.74 Å². The van der Waals surface area contributed by atoms with Crippen molar-refractivity contribution in [3.8, 4) is 28.4 Å². The van der Waals surface area contributed by atoms with E-state index in [4.69, 9.17) is 9.72 Å². The van der Waals surface area contributed by atoms with E-state index in [1.807, 2.05) is 6.20 Å². The normalized spacial score (nSPS) is 13.3. The van der Waals surface area contributed by atoms with Gasteiger partial charge in [0.2, 0.25) is 0 Å². The van der Waals surface area contributed by atoms with E-state index >= 15 is 0 Å². The molecule has 368 valence electrons. The van der Waals surface area contributed by atoms with Gasteiger partial charge < -0.3 is 14.5 Å². The molecule has 1 aliphatic rings. The Morgan fingerprint density at radius 3 is 1.50 bits per heavy atom. The molecule has 3 heterocycles. The number of fused-ring (bicyclic) bond motifs is 3. The van der Waals surface area contributed by atoms with E-state index in [9.17, 15) is 0 Å². The quantitative estimate of drug-likeness (QED) is 0.122. The smallest absolute Gasteiger partial charge is 0.137 e. The Balaban J connectivity index is 1.03. The third-order valence-corrected chi connectivity index (χ3v) is 15.7. The molecule has 0 unspecified atom stereocenters. The summed E-state index contributed by atoms with van der Waals surface area (Å²) < 4.78 is 9.62. The second kappa shape index (κ2) is 18.7. The van der Waals surface area contributed by atoms with Crippen molar-refractivity contribution in [2.75, 3.05) is 16.5 Å². The first-order valence-electron chi connectivity index (χ1n) is 26.0. The minimum atomic E-state index is -0.390. The summed E-state index contributed by atoms with van der Waals surface area (Å²) in [5, 5.41) is 2.37. The molecule has 8 aromatic carbocycles. The van der Waals surface area contributed by atoms with Crippen LogP contribution < -0.4 is 14.5 Å². The fourth-order valence-corrected chi connectivity index (χ4v) is 10.9. The number of nitrogens with zero attached hydrogens (tertiary/aromatic N) is 4. The van der Waals surface area contributed by atoms with E-state index in [1.54, 1.807) is 0 Å². The first-order chi connectivity index (χ1) is 35.6. The average molecular weight is 967 g/mol. The molecule has 0 N–H and O–H groups in total. The van der Waals surface area contributed by atoms with Gasteiger partial charge >= 0.3 is 0 Å². The molecule has 0 saturated heterocycles. The maximum Gasteiger partial charge on any atom is 0.137 e. The molecular weight excluding hydrogens is 901 g/mol. The van der Waals surface area contributed by atoms with Crippen LogP contribution >= 0.6 is 0 Å². The van der Waals surface area contributed by atoms with Gasteiger partial charge in [0.05, 0.1) is 17.7 Å². The Bertz CT molecular complexity index is 3610. The minimum absolute atomic E-state index is 0.0558. The summed E-state index contributed by atoms with van der Waals surface area (Å²) in [4.78, 5) is 9.76. The maximum atomic E-state index is 7.29. The third-order valence-electron chi connectivity index (χ3n) is 15.7. The lowest BCUT2D eigenvalue weighted by atomic mass is 9.73. The minimum Gasteiger partial charge on any atom is -0.457 e. The summed E-state index contributed by atoms with van der Waals surface area (Å²) in [6, 6.07) is 74.7. The summed E-state index contributed by atoms with van der Waals surface area (Å²) in [6.07, 6.45) is 6.37. The van der Waals surface area contributed by atoms with Gasteiger partial charge in [-0.2, -0.15) is 0 Å². The molecule has 5 heteroatoms. The van der Waals surface area contributed by atoms with Crippen LogP contribution in [0.3, 0.4) is 0 Å². The van der Waals surface area contributed by atoms with Crippen LogP contribution in [0.4, 0.5) is 11.4 Å². The van der Waals surface area contributed by atoms with Crippen LogP contribution in [0.2, 0.25) is 0 Å². The highest BCUT2D eigenvalue weighted by Gasteiger charge is 2.32. The van der Waals surface area contributed by atoms with Crippen LogP contribution in [-0.2, 0) is 21.7 Å². The number of pyridine rings is 1. The van der Waals surface area contributed by atoms with E-state index in [1.165, 1.54) is 49.7 Å². The fraction of sp³-hybridized carbons (Fsp3) is 0.203. The molecule has 0 atom stereocenters. The largest absolute Gasteiger partial charge is 0.457 e. The topological polar surface area (TPSA) is 33.5 Å². The van der Waals surface area contributed by atoms with Crippen LogP contribution in [0, 0.1) is 0 Å². The molecule has 2 aromatic heterocycles. The van der Waals surface area contributed by atoms with Gasteiger partial charge in [0.25, 0.3) is 0 Å². The summed E-state index contributed by atoms with van der Waals surface area (Å²) in [5.41, 5.74) is 14.4. The zero-order valence-corrected chi connectivity index (χ0v) is 44.3. The number of aromatic nitrogens is 2. The van der Waals surface area contributed by atoms with Gasteiger partial charge in [-0.3, -0.25) is 4.57 Å². The van der Waals surface area contributed by atoms with Gasteiger partial charge in [-0.05, 0) is 104 Å². The Morgan fingerprint density at radius 2 is 0.919 bits per heavy atom. The average Bonchev–Trinajstić information content (AvgIpc) is 4.06. The highest BCUT2D eigenvalue weighted by molar-refractivity contribution is 6.12. The highest BCUT2D eigenvalue weighted by atomic mass is 16.5. The van der Waals surface area contributed by atoms with E-state index in [0.717, 1.165) is 50.9 Å². The van der Waals surface area contributed by atoms with Gasteiger partial charge in [-0.1, -0.05) is 208 Å². The molecule has 0 bridgehead atoms. The van der Waals surface area contributed by atoms with Gasteiger partial charge in [0.1, 0.15) is 17.3 Å². The zero-order chi connectivity index (χ0) is 51.4. The van der Waals surface area contributed by atoms with Crippen molar-refractivity contribution in [1.82, 2.24) is 9.55 Å². The van der Waals surface area contributed by atoms with E-state index in [2.05, 4.69) is 295 Å². The van der Waals surface area contributed by atoms with E-state index in [0.29, 0.717) is 6.67 Å². The molecule has 0 amide bonds. The lowest BCUT2D eigenvalue weighted by Gasteiger charge is -2.33. The molecular formula is C69H66N4O. The zero-order valence-electron chi connectivity index (χ0n) is 44.3. The summed E-state index contributed by atoms with van der Waals surface area (Å²) in [5.74, 6) is 2.40. The molecule has 74 heavy (non-hydrogen) atoms. The van der Waals surface area contributed by atoms with Gasteiger partial charge in [0, 0.05) is 69.1 Å². The van der Waals surface area contributed by atoms with Crippen molar-refractivity contribution in [3.05, 3.63) is 264 Å². The first-order valence-corrected chi connectivity index (χ1v) is 26.0. The number of anilines is 2. The molecule has 0 radical (unpaired) electrons. The monoisotopic (exact) mass is 967 g/mol. The summed E-state index contributed by atoms with van der Waals surface area (Å²) in [7, 11) is 0. The number of hydrogen-bond acceptors (Lipinski definition) is 4. The Kier molecular flexibility index (Phi) is 12.2. The molecule has 1 aliphatic heterocycles. The number of para-hydroxylation sites is 1. The molecule has 0 aliphatic carbocycles. The highest BCUT2D eigenvalue weighted by Crippen LogP contribution is 2.46. The summed E-state index contributed by atoms with van der Waals surface area (Å²) >= 11 is 0. The number of hydrogen-bond donors (Lipinski definition) is 0. The van der Waals surface area contributed by atoms with Gasteiger partial charge in [-0.15, -0.1) is 0 Å². The first kappa shape index (κ1) is 48.1. The van der Waals surface area contributed by atoms with Crippen molar-refractivity contribution in [2.45, 2.75) is 84.0 Å². The maximum absolute atomic E-state index is 7.29. The predicted molar refractivity (Wildman–Crippen MR) is 310 cm³/mol. The molecule has 11 rings (SSSR count). The third kappa shape index (κ3) is 8.95. The fourth-order valence-electron chi connectivity index (χ4n) is 10.9. The van der Waals surface area contributed by atoms with Gasteiger partial charge in [0.15, 0.2) is 0 Å². The number of rotatable bonds is 12. The van der Waals surface area contributed by atoms with Crippen LogP contribution in [0.25, 0.3) is 38.8 Å². The lowest BCUT2D eigenvalue weighted by molar-refractivity contribution is 0.481. The number of benzene rings is 8. The molecule has 0 spiro atoms. The number of ether oxygens (including phenoxy) is 1. The molecule has 10 aromatic rings. The van der Waals surface area contributed by atoms with Crippen molar-refractivity contribution in [2.24, 2.45) is 0 Å². The Labute approximate surface area is 438 Å². The van der Waals surface area contributed by atoms with Crippen LogP contribution in [-0.4, -0.2) is 16.2 Å². The van der Waals surface area contributed by atoms with Crippen molar-refractivity contribution in [3.63, 3.8) is 0 Å². The molecule has 0 fully saturated rings. The van der Waals surface area contributed by atoms with Crippen LogP contribution in [0.1, 0.15) is 101 Å². The Morgan fingerprint density at radius 1 is 0.405 bits per heavy atom. The SMILES string of the molecule is CC(C)(C)c1ccnc(-n2c3ccccc3c3c(C(C)(C)c4ccccc4)cc(Oc4cc(-c5ccccc5)cc(N5C=CN(c6cc(C(C)(C)c7ccccc7)cc(C(C)(C)c7ccccc7)c6)C5)c4)cc32)c1.